The monoisotopic (exact) mass is 302 g/mol. The molecule has 0 rings (SSSR count). The van der Waals surface area contributed by atoms with Crippen LogP contribution >= 0.6 is 0 Å². The van der Waals surface area contributed by atoms with Gasteiger partial charge in [0.15, 0.2) is 0 Å². The first kappa shape index (κ1) is 20.4. The lowest BCUT2D eigenvalue weighted by molar-refractivity contribution is -0.155. The number of unbranched alkanes of at least 4 members (excludes halogenated alkanes) is 4. The summed E-state index contributed by atoms with van der Waals surface area (Å²) in [7, 11) is 0. The highest BCUT2D eigenvalue weighted by Crippen LogP contribution is 2.09. The zero-order valence-corrected chi connectivity index (χ0v) is 14.4. The highest BCUT2D eigenvalue weighted by atomic mass is 16.6. The van der Waals surface area contributed by atoms with Gasteiger partial charge in [-0.15, -0.1) is 0 Å². The van der Waals surface area contributed by atoms with Crippen molar-refractivity contribution < 1.29 is 19.0 Å². The smallest absolute Gasteiger partial charge is 0.306 e. The number of ether oxygens (including phenoxy) is 3. The van der Waals surface area contributed by atoms with E-state index in [9.17, 15) is 4.79 Å². The third-order valence-corrected chi connectivity index (χ3v) is 2.85. The van der Waals surface area contributed by atoms with E-state index in [1.165, 1.54) is 25.7 Å². The predicted molar refractivity (Wildman–Crippen MR) is 85.5 cm³/mol. The molecule has 126 valence electrons. The van der Waals surface area contributed by atoms with Crippen LogP contribution in [-0.2, 0) is 19.0 Å². The van der Waals surface area contributed by atoms with Gasteiger partial charge in [-0.25, -0.2) is 0 Å². The van der Waals surface area contributed by atoms with Crippen LogP contribution in [0.1, 0.15) is 72.6 Å². The van der Waals surface area contributed by atoms with Crippen LogP contribution in [0, 0.1) is 0 Å². The van der Waals surface area contributed by atoms with E-state index in [4.69, 9.17) is 14.2 Å². The normalized spacial score (nSPS) is 11.6. The number of hydrogen-bond donors (Lipinski definition) is 0. The van der Waals surface area contributed by atoms with Crippen LogP contribution in [0.2, 0.25) is 0 Å². The van der Waals surface area contributed by atoms with Crippen molar-refractivity contribution in [2.24, 2.45) is 0 Å². The maximum Gasteiger partial charge on any atom is 0.306 e. The Morgan fingerprint density at radius 2 is 1.38 bits per heavy atom. The van der Waals surface area contributed by atoms with Crippen molar-refractivity contribution in [2.75, 3.05) is 26.4 Å². The van der Waals surface area contributed by atoms with Gasteiger partial charge in [0.05, 0.1) is 13.2 Å². The number of rotatable bonds is 13. The van der Waals surface area contributed by atoms with Crippen LogP contribution in [-0.4, -0.2) is 38.0 Å². The third-order valence-electron chi connectivity index (χ3n) is 2.85. The number of carbonyl (C=O) groups excluding carboxylic acids is 1. The average molecular weight is 302 g/mol. The molecular weight excluding hydrogens is 268 g/mol. The molecule has 0 amide bonds. The van der Waals surface area contributed by atoms with Crippen LogP contribution < -0.4 is 0 Å². The van der Waals surface area contributed by atoms with Crippen molar-refractivity contribution in [3.63, 3.8) is 0 Å². The SMILES string of the molecule is CCCCCCCOCCOCCCC(=O)OC(C)(C)C. The van der Waals surface area contributed by atoms with E-state index in [1.54, 1.807) is 0 Å². The van der Waals surface area contributed by atoms with Crippen molar-refractivity contribution in [3.05, 3.63) is 0 Å². The fourth-order valence-corrected chi connectivity index (χ4v) is 1.84. The minimum absolute atomic E-state index is 0.158. The van der Waals surface area contributed by atoms with E-state index in [0.29, 0.717) is 32.7 Å². The highest BCUT2D eigenvalue weighted by molar-refractivity contribution is 5.69. The van der Waals surface area contributed by atoms with Gasteiger partial charge >= 0.3 is 5.97 Å². The Bertz CT molecular complexity index is 246. The lowest BCUT2D eigenvalue weighted by Crippen LogP contribution is -2.23. The van der Waals surface area contributed by atoms with E-state index in [0.717, 1.165) is 13.0 Å². The van der Waals surface area contributed by atoms with Gasteiger partial charge in [-0.05, 0) is 33.6 Å². The lowest BCUT2D eigenvalue weighted by Gasteiger charge is -2.19. The number of carbonyl (C=O) groups is 1. The maximum atomic E-state index is 11.4. The summed E-state index contributed by atoms with van der Waals surface area (Å²) in [6.07, 6.45) is 7.41. The molecule has 0 saturated heterocycles. The van der Waals surface area contributed by atoms with Gasteiger partial charge < -0.3 is 14.2 Å². The minimum Gasteiger partial charge on any atom is -0.460 e. The molecule has 0 aromatic carbocycles. The van der Waals surface area contributed by atoms with Crippen molar-refractivity contribution in [1.29, 1.82) is 0 Å². The van der Waals surface area contributed by atoms with Gasteiger partial charge in [0.25, 0.3) is 0 Å². The molecule has 0 radical (unpaired) electrons. The molecule has 0 atom stereocenters. The second kappa shape index (κ2) is 13.1. The van der Waals surface area contributed by atoms with Crippen molar-refractivity contribution >= 4 is 5.97 Å². The molecule has 0 saturated carbocycles. The molecule has 4 nitrogen and oxygen atoms in total. The molecule has 0 fully saturated rings. The van der Waals surface area contributed by atoms with Crippen LogP contribution in [0.25, 0.3) is 0 Å². The fourth-order valence-electron chi connectivity index (χ4n) is 1.84. The molecule has 4 heteroatoms. The zero-order valence-electron chi connectivity index (χ0n) is 14.4. The molecule has 0 aliphatic heterocycles. The first-order valence-electron chi connectivity index (χ1n) is 8.33. The lowest BCUT2D eigenvalue weighted by atomic mass is 10.2. The fraction of sp³-hybridized carbons (Fsp3) is 0.941. The molecule has 0 aliphatic rings. The third kappa shape index (κ3) is 17.3. The quantitative estimate of drug-likeness (QED) is 0.379. The molecule has 21 heavy (non-hydrogen) atoms. The summed E-state index contributed by atoms with van der Waals surface area (Å²) in [4.78, 5) is 11.4. The summed E-state index contributed by atoms with van der Waals surface area (Å²) in [6, 6.07) is 0. The van der Waals surface area contributed by atoms with Gasteiger partial charge in [-0.1, -0.05) is 32.6 Å². The second-order valence-corrected chi connectivity index (χ2v) is 6.33. The second-order valence-electron chi connectivity index (χ2n) is 6.33. The molecule has 0 bridgehead atoms. The maximum absolute atomic E-state index is 11.4. The van der Waals surface area contributed by atoms with Gasteiger partial charge in [-0.2, -0.15) is 0 Å². The molecule has 0 N–H and O–H groups in total. The molecule has 0 heterocycles. The summed E-state index contributed by atoms with van der Waals surface area (Å²) in [5.41, 5.74) is -0.400. The first-order valence-corrected chi connectivity index (χ1v) is 8.33. The van der Waals surface area contributed by atoms with E-state index in [-0.39, 0.29) is 5.97 Å². The van der Waals surface area contributed by atoms with Gasteiger partial charge in [0, 0.05) is 19.6 Å². The highest BCUT2D eigenvalue weighted by Gasteiger charge is 2.15. The largest absolute Gasteiger partial charge is 0.460 e. The van der Waals surface area contributed by atoms with Crippen LogP contribution in [0.4, 0.5) is 0 Å². The summed E-state index contributed by atoms with van der Waals surface area (Å²) >= 11 is 0. The summed E-state index contributed by atoms with van der Waals surface area (Å²) < 4.78 is 16.1. The van der Waals surface area contributed by atoms with Gasteiger partial charge in [-0.3, -0.25) is 4.79 Å². The first-order chi connectivity index (χ1) is 9.95. The Kier molecular flexibility index (Phi) is 12.7. The number of esters is 1. The predicted octanol–water partition coefficient (Wildman–Crippen LogP) is 4.11. The standard InChI is InChI=1S/C17H34O4/c1-5-6-7-8-9-12-19-14-15-20-13-10-11-16(18)21-17(2,3)4/h5-15H2,1-4H3. The van der Waals surface area contributed by atoms with Crippen molar-refractivity contribution in [1.82, 2.24) is 0 Å². The van der Waals surface area contributed by atoms with E-state index >= 15 is 0 Å². The Labute approximate surface area is 130 Å². The molecule has 0 aromatic rings. The van der Waals surface area contributed by atoms with Crippen molar-refractivity contribution in [2.45, 2.75) is 78.2 Å². The Morgan fingerprint density at radius 3 is 1.95 bits per heavy atom. The molecule has 0 unspecified atom stereocenters. The van der Waals surface area contributed by atoms with Crippen LogP contribution in [0.15, 0.2) is 0 Å². The topological polar surface area (TPSA) is 44.8 Å². The van der Waals surface area contributed by atoms with Gasteiger partial charge in [0.2, 0.25) is 0 Å². The zero-order chi connectivity index (χ0) is 16.0. The Morgan fingerprint density at radius 1 is 0.810 bits per heavy atom. The Balaban J connectivity index is 3.17. The summed E-state index contributed by atoms with van der Waals surface area (Å²) in [6.45, 7) is 10.5. The van der Waals surface area contributed by atoms with E-state index in [2.05, 4.69) is 6.92 Å². The van der Waals surface area contributed by atoms with Crippen LogP contribution in [0.3, 0.4) is 0 Å². The van der Waals surface area contributed by atoms with Gasteiger partial charge in [0.1, 0.15) is 5.60 Å². The number of hydrogen-bond acceptors (Lipinski definition) is 4. The molecule has 0 aliphatic carbocycles. The average Bonchev–Trinajstić information content (AvgIpc) is 2.38. The minimum atomic E-state index is -0.400. The summed E-state index contributed by atoms with van der Waals surface area (Å²) in [5.74, 6) is -0.158. The summed E-state index contributed by atoms with van der Waals surface area (Å²) in [5, 5.41) is 0. The van der Waals surface area contributed by atoms with E-state index in [1.807, 2.05) is 20.8 Å². The molecular formula is C17H34O4. The Hall–Kier alpha value is -0.610. The van der Waals surface area contributed by atoms with E-state index < -0.39 is 5.60 Å². The van der Waals surface area contributed by atoms with Crippen LogP contribution in [0.5, 0.6) is 0 Å². The van der Waals surface area contributed by atoms with Crippen molar-refractivity contribution in [3.8, 4) is 0 Å². The molecule has 0 aromatic heterocycles. The molecule has 0 spiro atoms.